The van der Waals surface area contributed by atoms with E-state index in [0.717, 1.165) is 18.9 Å². The van der Waals surface area contributed by atoms with Gasteiger partial charge in [0.2, 0.25) is 0 Å². The average Bonchev–Trinajstić information content (AvgIpc) is 3.28. The van der Waals surface area contributed by atoms with Crippen molar-refractivity contribution in [1.82, 2.24) is 10.2 Å². The van der Waals surface area contributed by atoms with E-state index >= 15 is 0 Å². The van der Waals surface area contributed by atoms with Crippen LogP contribution in [0.15, 0.2) is 12.1 Å². The van der Waals surface area contributed by atoms with E-state index in [0.29, 0.717) is 31.8 Å². The van der Waals surface area contributed by atoms with Gasteiger partial charge in [-0.1, -0.05) is 0 Å². The van der Waals surface area contributed by atoms with E-state index in [4.69, 9.17) is 4.74 Å². The molecule has 6 heteroatoms. The van der Waals surface area contributed by atoms with E-state index < -0.39 is 17.5 Å². The van der Waals surface area contributed by atoms with Gasteiger partial charge < -0.3 is 10.1 Å². The Kier molecular flexibility index (Phi) is 4.19. The molecule has 3 nitrogen and oxygen atoms in total. The lowest BCUT2D eigenvalue weighted by Crippen LogP contribution is -2.49. The molecule has 1 heterocycles. The Morgan fingerprint density at radius 1 is 1.19 bits per heavy atom. The Morgan fingerprint density at radius 3 is 2.57 bits per heavy atom. The van der Waals surface area contributed by atoms with Gasteiger partial charge in [0, 0.05) is 30.8 Å². The summed E-state index contributed by atoms with van der Waals surface area (Å²) in [5, 5.41) is 3.02. The molecule has 1 saturated heterocycles. The summed E-state index contributed by atoms with van der Waals surface area (Å²) < 4.78 is 46.6. The summed E-state index contributed by atoms with van der Waals surface area (Å²) >= 11 is 0. The zero-order valence-electron chi connectivity index (χ0n) is 11.9. The normalized spacial score (nSPS) is 27.0. The molecule has 0 radical (unpaired) electrons. The van der Waals surface area contributed by atoms with Gasteiger partial charge in [-0.2, -0.15) is 0 Å². The number of nitrogens with one attached hydrogen (secondary N) is 1. The van der Waals surface area contributed by atoms with Crippen molar-refractivity contribution < 1.29 is 17.9 Å². The van der Waals surface area contributed by atoms with E-state index in [1.165, 1.54) is 0 Å². The Hall–Kier alpha value is -1.11. The quantitative estimate of drug-likeness (QED) is 0.863. The maximum atomic E-state index is 14.2. The number of hydrogen-bond acceptors (Lipinski definition) is 3. The number of halogens is 3. The van der Waals surface area contributed by atoms with E-state index in [1.54, 1.807) is 7.05 Å². The van der Waals surface area contributed by atoms with Gasteiger partial charge >= 0.3 is 0 Å². The van der Waals surface area contributed by atoms with E-state index in [1.807, 2.05) is 0 Å². The highest BCUT2D eigenvalue weighted by molar-refractivity contribution is 5.26. The first-order valence-corrected chi connectivity index (χ1v) is 7.28. The molecule has 0 spiro atoms. The summed E-state index contributed by atoms with van der Waals surface area (Å²) in [6, 6.07) is 1.61. The lowest BCUT2D eigenvalue weighted by Gasteiger charge is -2.42. The number of ether oxygens (including phenoxy) is 1. The highest BCUT2D eigenvalue weighted by atomic mass is 19.2. The topological polar surface area (TPSA) is 24.5 Å². The molecule has 2 unspecified atom stereocenters. The summed E-state index contributed by atoms with van der Waals surface area (Å²) in [5.41, 5.74) is 0.181. The molecule has 0 aromatic heterocycles. The summed E-state index contributed by atoms with van der Waals surface area (Å²) in [4.78, 5) is 2.17. The second kappa shape index (κ2) is 5.94. The summed E-state index contributed by atoms with van der Waals surface area (Å²) in [6.07, 6.45) is 1.85. The van der Waals surface area contributed by atoms with Gasteiger partial charge in [-0.15, -0.1) is 0 Å². The number of hydrogen-bond donors (Lipinski definition) is 1. The fraction of sp³-hybridized carbons (Fsp3) is 0.600. The largest absolute Gasteiger partial charge is 0.374 e. The summed E-state index contributed by atoms with van der Waals surface area (Å²) in [7, 11) is 1.79. The van der Waals surface area contributed by atoms with Crippen molar-refractivity contribution in [1.29, 1.82) is 0 Å². The van der Waals surface area contributed by atoms with Crippen molar-refractivity contribution >= 4 is 0 Å². The van der Waals surface area contributed by atoms with Gasteiger partial charge in [-0.3, -0.25) is 4.90 Å². The van der Waals surface area contributed by atoms with Crippen LogP contribution in [-0.4, -0.2) is 43.8 Å². The molecular formula is C15H19F3N2O. The van der Waals surface area contributed by atoms with Crippen LogP contribution in [0.5, 0.6) is 0 Å². The van der Waals surface area contributed by atoms with Crippen LogP contribution in [0.1, 0.15) is 24.4 Å². The molecule has 116 valence electrons. The highest BCUT2D eigenvalue weighted by Crippen LogP contribution is 2.39. The lowest BCUT2D eigenvalue weighted by atomic mass is 9.96. The maximum Gasteiger partial charge on any atom is 0.161 e. The zero-order valence-corrected chi connectivity index (χ0v) is 11.9. The van der Waals surface area contributed by atoms with Crippen molar-refractivity contribution in [3.8, 4) is 0 Å². The van der Waals surface area contributed by atoms with Gasteiger partial charge in [0.25, 0.3) is 0 Å². The van der Waals surface area contributed by atoms with Crippen molar-refractivity contribution in [2.45, 2.75) is 31.0 Å². The maximum absolute atomic E-state index is 14.2. The fourth-order valence-corrected chi connectivity index (χ4v) is 3.08. The third kappa shape index (κ3) is 2.93. The highest BCUT2D eigenvalue weighted by Gasteiger charge is 2.42. The molecule has 2 fully saturated rings. The first kappa shape index (κ1) is 14.8. The third-order valence-electron chi connectivity index (χ3n) is 4.17. The number of nitrogens with zero attached hydrogens (tertiary/aromatic N) is 1. The standard InChI is InChI=1S/C15H19F3N2O/c1-19-8-14-15(20(4-5-21-14)9-2-3-9)10-6-12(17)13(18)7-11(10)16/h6-7,9,14-15,19H,2-5,8H2,1H3. The van der Waals surface area contributed by atoms with Gasteiger partial charge in [0.05, 0.1) is 18.8 Å². The smallest absolute Gasteiger partial charge is 0.161 e. The molecule has 1 aromatic carbocycles. The van der Waals surface area contributed by atoms with E-state index in [-0.39, 0.29) is 17.7 Å². The molecule has 21 heavy (non-hydrogen) atoms. The summed E-state index contributed by atoms with van der Waals surface area (Å²) in [5.74, 6) is -2.89. The first-order chi connectivity index (χ1) is 10.1. The fourth-order valence-electron chi connectivity index (χ4n) is 3.08. The summed E-state index contributed by atoms with van der Waals surface area (Å²) in [6.45, 7) is 1.80. The van der Waals surface area contributed by atoms with Crippen LogP contribution in [-0.2, 0) is 4.74 Å². The SMILES string of the molecule is CNCC1OCCN(C2CC2)C1c1cc(F)c(F)cc1F. The third-order valence-corrected chi connectivity index (χ3v) is 4.17. The van der Waals surface area contributed by atoms with Crippen LogP contribution in [0.25, 0.3) is 0 Å². The second-order valence-electron chi connectivity index (χ2n) is 5.67. The van der Waals surface area contributed by atoms with Crippen molar-refractivity contribution in [2.75, 3.05) is 26.7 Å². The predicted octanol–water partition coefficient (Wildman–Crippen LogP) is 2.23. The van der Waals surface area contributed by atoms with Crippen molar-refractivity contribution in [2.24, 2.45) is 0 Å². The van der Waals surface area contributed by atoms with Crippen LogP contribution in [0.4, 0.5) is 13.2 Å². The van der Waals surface area contributed by atoms with Crippen LogP contribution >= 0.6 is 0 Å². The van der Waals surface area contributed by atoms with Gasteiger partial charge in [0.1, 0.15) is 5.82 Å². The van der Waals surface area contributed by atoms with Gasteiger partial charge in [-0.25, -0.2) is 13.2 Å². The molecule has 2 aliphatic rings. The Morgan fingerprint density at radius 2 is 1.90 bits per heavy atom. The molecule has 2 atom stereocenters. The molecule has 1 saturated carbocycles. The molecule has 1 aromatic rings. The minimum absolute atomic E-state index is 0.181. The Bertz CT molecular complexity index is 520. The number of rotatable bonds is 4. The van der Waals surface area contributed by atoms with Gasteiger partial charge in [-0.05, 0) is 26.0 Å². The van der Waals surface area contributed by atoms with Crippen molar-refractivity contribution in [3.05, 3.63) is 35.1 Å². The molecule has 0 amide bonds. The molecule has 1 aliphatic heterocycles. The Labute approximate surface area is 122 Å². The number of morpholine rings is 1. The molecule has 1 N–H and O–H groups in total. The minimum atomic E-state index is -1.16. The number of benzene rings is 1. The lowest BCUT2D eigenvalue weighted by molar-refractivity contribution is -0.0751. The number of likely N-dealkylation sites (N-methyl/N-ethyl adjacent to an activating group) is 1. The minimum Gasteiger partial charge on any atom is -0.374 e. The van der Waals surface area contributed by atoms with E-state index in [2.05, 4.69) is 10.2 Å². The molecular weight excluding hydrogens is 281 g/mol. The van der Waals surface area contributed by atoms with Gasteiger partial charge in [0.15, 0.2) is 11.6 Å². The van der Waals surface area contributed by atoms with Crippen LogP contribution < -0.4 is 5.32 Å². The van der Waals surface area contributed by atoms with Crippen molar-refractivity contribution in [3.63, 3.8) is 0 Å². The molecule has 0 bridgehead atoms. The van der Waals surface area contributed by atoms with Crippen LogP contribution in [0, 0.1) is 17.5 Å². The Balaban J connectivity index is 1.98. The molecule has 3 rings (SSSR count). The second-order valence-corrected chi connectivity index (χ2v) is 5.67. The zero-order chi connectivity index (χ0) is 15.0. The monoisotopic (exact) mass is 300 g/mol. The average molecular weight is 300 g/mol. The van der Waals surface area contributed by atoms with E-state index in [9.17, 15) is 13.2 Å². The first-order valence-electron chi connectivity index (χ1n) is 7.28. The van der Waals surface area contributed by atoms with Crippen LogP contribution in [0.3, 0.4) is 0 Å². The predicted molar refractivity (Wildman–Crippen MR) is 72.5 cm³/mol. The van der Waals surface area contributed by atoms with Crippen LogP contribution in [0.2, 0.25) is 0 Å². The molecule has 1 aliphatic carbocycles.